The standard InChI is InChI=1S/C39H40ClN7O7S/c1-55(51,52)46-31(20-13-24-7-3-2-4-8-24)38(50)47-22-29(53-23-25-11-16-27(40)17-12-25)21-32(47)36(49)45-34(26-14-18-28(19-15-26)43-39(41)42)35(48)37-44-30-9-5-6-10-33(30)54-37/h2-12,14-19,29,31-32,34,46H,13,20-23H2,1H3,(H,45,49)(H4,41,42,43)/t29-,31-,32+,34+/m1/s1. The average Bonchev–Trinajstić information content (AvgIpc) is 3.80. The maximum Gasteiger partial charge on any atom is 0.266 e. The number of fused-ring (bicyclic) bond motifs is 1. The first-order valence-corrected chi connectivity index (χ1v) is 19.7. The number of Topliss-reactive ketones (excluding diaryl/α,β-unsaturated/α-hetero) is 1. The molecule has 5 aromatic rings. The van der Waals surface area contributed by atoms with E-state index >= 15 is 0 Å². The van der Waals surface area contributed by atoms with Crippen LogP contribution in [0.25, 0.3) is 11.1 Å². The van der Waals surface area contributed by atoms with Crippen molar-refractivity contribution in [3.63, 3.8) is 0 Å². The molecule has 2 heterocycles. The molecule has 55 heavy (non-hydrogen) atoms. The van der Waals surface area contributed by atoms with Crippen LogP contribution in [0.1, 0.15) is 46.3 Å². The van der Waals surface area contributed by atoms with Crippen LogP contribution in [0.15, 0.2) is 113 Å². The number of benzene rings is 4. The molecule has 1 fully saturated rings. The second kappa shape index (κ2) is 17.2. The minimum atomic E-state index is -3.85. The fraction of sp³-hybridized carbons (Fsp3) is 0.256. The third-order valence-corrected chi connectivity index (χ3v) is 9.97. The van der Waals surface area contributed by atoms with Crippen LogP contribution in [0.5, 0.6) is 0 Å². The van der Waals surface area contributed by atoms with Gasteiger partial charge in [0.15, 0.2) is 11.5 Å². The lowest BCUT2D eigenvalue weighted by Gasteiger charge is -2.29. The molecule has 0 saturated carbocycles. The van der Waals surface area contributed by atoms with Crippen LogP contribution in [0.4, 0.5) is 5.69 Å². The molecule has 1 aliphatic heterocycles. The number of hydrogen-bond donors (Lipinski definition) is 4. The average molecular weight is 786 g/mol. The lowest BCUT2D eigenvalue weighted by atomic mass is 10.0. The summed E-state index contributed by atoms with van der Waals surface area (Å²) in [5.74, 6) is -2.32. The van der Waals surface area contributed by atoms with E-state index in [1.807, 2.05) is 30.3 Å². The number of nitrogens with two attached hydrogens (primary N) is 2. The van der Waals surface area contributed by atoms with Gasteiger partial charge in [0.25, 0.3) is 5.89 Å². The number of rotatable bonds is 15. The predicted molar refractivity (Wildman–Crippen MR) is 208 cm³/mol. The maximum atomic E-state index is 14.4. The number of ketones is 1. The number of amides is 2. The highest BCUT2D eigenvalue weighted by atomic mass is 35.5. The first-order chi connectivity index (χ1) is 26.3. The molecule has 0 unspecified atom stereocenters. The molecule has 0 radical (unpaired) electrons. The van der Waals surface area contributed by atoms with Crippen molar-refractivity contribution < 1.29 is 32.0 Å². The van der Waals surface area contributed by atoms with Gasteiger partial charge < -0.3 is 30.8 Å². The van der Waals surface area contributed by atoms with Gasteiger partial charge in [-0.05, 0) is 65.9 Å². The number of likely N-dealkylation sites (tertiary alicyclic amines) is 1. The molecule has 14 nitrogen and oxygen atoms in total. The molecule has 2 amide bonds. The number of nitrogens with one attached hydrogen (secondary N) is 2. The molecule has 1 aliphatic rings. The van der Waals surface area contributed by atoms with Gasteiger partial charge in [0.1, 0.15) is 23.6 Å². The number of hydrogen-bond acceptors (Lipinski definition) is 9. The second-order valence-corrected chi connectivity index (χ2v) is 15.4. The Morgan fingerprint density at radius 2 is 1.65 bits per heavy atom. The van der Waals surface area contributed by atoms with E-state index in [1.165, 1.54) is 4.90 Å². The van der Waals surface area contributed by atoms with Crippen LogP contribution >= 0.6 is 11.6 Å². The van der Waals surface area contributed by atoms with Gasteiger partial charge in [-0.1, -0.05) is 78.3 Å². The quantitative estimate of drug-likeness (QED) is 0.0676. The summed E-state index contributed by atoms with van der Waals surface area (Å²) >= 11 is 6.05. The zero-order valence-corrected chi connectivity index (χ0v) is 31.4. The Balaban J connectivity index is 1.31. The summed E-state index contributed by atoms with van der Waals surface area (Å²) in [5, 5.41) is 3.39. The van der Waals surface area contributed by atoms with Crippen LogP contribution < -0.4 is 21.5 Å². The van der Waals surface area contributed by atoms with Gasteiger partial charge in [-0.25, -0.2) is 23.1 Å². The Kier molecular flexibility index (Phi) is 12.3. The van der Waals surface area contributed by atoms with Crippen molar-refractivity contribution >= 4 is 62.0 Å². The van der Waals surface area contributed by atoms with E-state index in [9.17, 15) is 22.8 Å². The molecule has 1 saturated heterocycles. The lowest BCUT2D eigenvalue weighted by molar-refractivity contribution is -0.140. The predicted octanol–water partition coefficient (Wildman–Crippen LogP) is 4.16. The van der Waals surface area contributed by atoms with Gasteiger partial charge in [-0.2, -0.15) is 0 Å². The number of carbonyl (C=O) groups excluding carboxylic acids is 3. The van der Waals surface area contributed by atoms with Crippen LogP contribution in [0.3, 0.4) is 0 Å². The van der Waals surface area contributed by atoms with Crippen molar-refractivity contribution in [2.75, 3.05) is 12.8 Å². The molecule has 16 heteroatoms. The Morgan fingerprint density at radius 3 is 2.33 bits per heavy atom. The summed E-state index contributed by atoms with van der Waals surface area (Å²) in [7, 11) is -3.85. The molecular weight excluding hydrogens is 746 g/mol. The van der Waals surface area contributed by atoms with Gasteiger partial charge in [0.05, 0.1) is 24.7 Å². The zero-order valence-electron chi connectivity index (χ0n) is 29.8. The largest absolute Gasteiger partial charge is 0.434 e. The van der Waals surface area contributed by atoms with Crippen molar-refractivity contribution in [2.45, 2.75) is 50.1 Å². The highest BCUT2D eigenvalue weighted by Gasteiger charge is 2.44. The summed E-state index contributed by atoms with van der Waals surface area (Å²) in [5.41, 5.74) is 14.4. The Hall–Kier alpha value is -5.61. The molecular formula is C39H40ClN7O7S. The van der Waals surface area contributed by atoms with E-state index in [4.69, 9.17) is 32.2 Å². The number of carbonyl (C=O) groups is 3. The third kappa shape index (κ3) is 10.3. The monoisotopic (exact) mass is 785 g/mol. The SMILES string of the molecule is CS(=O)(=O)N[C@H](CCc1ccccc1)C(=O)N1C[C@H](OCc2ccc(Cl)cc2)C[C@H]1C(=O)N[C@H](C(=O)c1nc2ccccc2o1)c1ccc(N=C(N)N)cc1. The van der Waals surface area contributed by atoms with Crippen LogP contribution in [0.2, 0.25) is 5.02 Å². The number of guanidine groups is 1. The lowest BCUT2D eigenvalue weighted by Crippen LogP contribution is -2.54. The number of sulfonamides is 1. The van der Waals surface area contributed by atoms with E-state index in [2.05, 4.69) is 20.0 Å². The third-order valence-electron chi connectivity index (χ3n) is 9.00. The van der Waals surface area contributed by atoms with Crippen molar-refractivity contribution in [1.82, 2.24) is 19.9 Å². The summed E-state index contributed by atoms with van der Waals surface area (Å²) in [6.07, 6.45) is 0.926. The van der Waals surface area contributed by atoms with E-state index in [0.717, 1.165) is 17.4 Å². The van der Waals surface area contributed by atoms with Crippen molar-refractivity contribution in [1.29, 1.82) is 0 Å². The molecule has 286 valence electrons. The minimum Gasteiger partial charge on any atom is -0.434 e. The second-order valence-electron chi connectivity index (χ2n) is 13.2. The maximum absolute atomic E-state index is 14.4. The molecule has 4 atom stereocenters. The summed E-state index contributed by atoms with van der Waals surface area (Å²) in [4.78, 5) is 52.7. The molecule has 0 spiro atoms. The molecule has 0 bridgehead atoms. The molecule has 1 aromatic heterocycles. The van der Waals surface area contributed by atoms with Gasteiger partial charge in [-0.15, -0.1) is 0 Å². The number of ether oxygens (including phenoxy) is 1. The van der Waals surface area contributed by atoms with E-state index < -0.39 is 51.9 Å². The van der Waals surface area contributed by atoms with E-state index in [-0.39, 0.29) is 37.8 Å². The highest BCUT2D eigenvalue weighted by Crippen LogP contribution is 2.28. The molecule has 6 rings (SSSR count). The Bertz CT molecular complexity index is 2250. The van der Waals surface area contributed by atoms with E-state index in [1.54, 1.807) is 72.8 Å². The zero-order chi connectivity index (χ0) is 39.1. The number of halogens is 1. The van der Waals surface area contributed by atoms with Crippen LogP contribution in [0, 0.1) is 0 Å². The van der Waals surface area contributed by atoms with Crippen LogP contribution in [-0.2, 0) is 37.4 Å². The number of aromatic nitrogens is 1. The smallest absolute Gasteiger partial charge is 0.266 e. The normalized spacial score (nSPS) is 16.7. The first kappa shape index (κ1) is 39.1. The van der Waals surface area contributed by atoms with Gasteiger partial charge in [0.2, 0.25) is 27.6 Å². The summed E-state index contributed by atoms with van der Waals surface area (Å²) in [6, 6.07) is 25.9. The van der Waals surface area contributed by atoms with Crippen molar-refractivity contribution in [2.24, 2.45) is 16.5 Å². The number of aliphatic imine (C=N–C) groups is 1. The fourth-order valence-electron chi connectivity index (χ4n) is 6.38. The van der Waals surface area contributed by atoms with Gasteiger partial charge >= 0.3 is 0 Å². The number of nitrogens with zero attached hydrogens (tertiary/aromatic N) is 3. The van der Waals surface area contributed by atoms with Gasteiger partial charge in [-0.3, -0.25) is 14.4 Å². The molecule has 4 aromatic carbocycles. The summed E-state index contributed by atoms with van der Waals surface area (Å²) < 4.78 is 39.5. The van der Waals surface area contributed by atoms with Crippen LogP contribution in [-0.4, -0.2) is 72.8 Å². The topological polar surface area (TPSA) is 212 Å². The first-order valence-electron chi connectivity index (χ1n) is 17.4. The minimum absolute atomic E-state index is 0.0191. The molecule has 6 N–H and O–H groups in total. The fourth-order valence-corrected chi connectivity index (χ4v) is 7.24. The number of aryl methyl sites for hydroxylation is 1. The van der Waals surface area contributed by atoms with Gasteiger partial charge in [0, 0.05) is 18.0 Å². The number of para-hydroxylation sites is 2. The van der Waals surface area contributed by atoms with Crippen molar-refractivity contribution in [3.05, 3.63) is 131 Å². The molecule has 0 aliphatic carbocycles. The van der Waals surface area contributed by atoms with E-state index in [0.29, 0.717) is 33.8 Å². The van der Waals surface area contributed by atoms with Crippen molar-refractivity contribution in [3.8, 4) is 0 Å². The highest BCUT2D eigenvalue weighted by molar-refractivity contribution is 7.88. The Labute approximate surface area is 322 Å². The Morgan fingerprint density at radius 1 is 0.964 bits per heavy atom. The summed E-state index contributed by atoms with van der Waals surface area (Å²) in [6.45, 7) is 0.146. The number of oxazole rings is 1.